The molecule has 4 rings (SSSR count). The van der Waals surface area contributed by atoms with E-state index in [0.717, 1.165) is 18.4 Å². The Balaban J connectivity index is 1.49. The van der Waals surface area contributed by atoms with Crippen LogP contribution in [0.1, 0.15) is 19.3 Å². The van der Waals surface area contributed by atoms with Crippen LogP contribution in [0.5, 0.6) is 0 Å². The highest BCUT2D eigenvalue weighted by atomic mass is 35.5. The zero-order chi connectivity index (χ0) is 21.3. The Bertz CT molecular complexity index is 1050. The lowest BCUT2D eigenvalue weighted by Gasteiger charge is -2.28. The zero-order valence-electron chi connectivity index (χ0n) is 16.4. The van der Waals surface area contributed by atoms with Gasteiger partial charge in [-0.15, -0.1) is 16.8 Å². The van der Waals surface area contributed by atoms with E-state index < -0.39 is 9.84 Å². The summed E-state index contributed by atoms with van der Waals surface area (Å²) < 4.78 is 25.7. The van der Waals surface area contributed by atoms with E-state index in [1.54, 1.807) is 18.2 Å². The minimum absolute atomic E-state index is 0.0363. The smallest absolute Gasteiger partial charge is 0.233 e. The van der Waals surface area contributed by atoms with E-state index in [2.05, 4.69) is 16.8 Å². The molecule has 1 aliphatic heterocycles. The monoisotopic (exact) mass is 466 g/mol. The average molecular weight is 467 g/mol. The molecule has 2 aromatic rings. The lowest BCUT2D eigenvalue weighted by atomic mass is 10.2. The number of nitrogens with zero attached hydrogens (tertiary/aromatic N) is 4. The van der Waals surface area contributed by atoms with Crippen molar-refractivity contribution in [2.75, 3.05) is 17.3 Å². The van der Waals surface area contributed by atoms with E-state index in [4.69, 9.17) is 11.6 Å². The summed E-state index contributed by atoms with van der Waals surface area (Å²) in [5.74, 6) is 1.09. The number of hydrogen-bond acceptors (Lipinski definition) is 6. The lowest BCUT2D eigenvalue weighted by molar-refractivity contribution is -0.130. The van der Waals surface area contributed by atoms with Crippen molar-refractivity contribution in [3.05, 3.63) is 41.9 Å². The first-order valence-electron chi connectivity index (χ1n) is 9.82. The molecule has 1 aromatic carbocycles. The molecule has 1 saturated carbocycles. The van der Waals surface area contributed by atoms with E-state index in [9.17, 15) is 13.2 Å². The third kappa shape index (κ3) is 4.73. The van der Waals surface area contributed by atoms with Gasteiger partial charge in [0.2, 0.25) is 5.91 Å². The van der Waals surface area contributed by atoms with Crippen LogP contribution in [0, 0.1) is 0 Å². The summed E-state index contributed by atoms with van der Waals surface area (Å²) in [6.45, 7) is 4.32. The van der Waals surface area contributed by atoms with Gasteiger partial charge < -0.3 is 4.90 Å². The Kier molecular flexibility index (Phi) is 6.22. The number of halogens is 1. The number of carbonyl (C=O) groups excluding carboxylic acids is 1. The molecule has 7 nitrogen and oxygen atoms in total. The number of benzene rings is 1. The van der Waals surface area contributed by atoms with Crippen molar-refractivity contribution >= 4 is 39.1 Å². The molecule has 1 atom stereocenters. The van der Waals surface area contributed by atoms with E-state index in [1.807, 2.05) is 21.6 Å². The van der Waals surface area contributed by atoms with Crippen molar-refractivity contribution in [2.24, 2.45) is 0 Å². The molecule has 2 fully saturated rings. The number of aromatic nitrogens is 3. The van der Waals surface area contributed by atoms with Gasteiger partial charge in [0.1, 0.15) is 0 Å². The Morgan fingerprint density at radius 2 is 1.97 bits per heavy atom. The fourth-order valence-electron chi connectivity index (χ4n) is 3.76. The lowest BCUT2D eigenvalue weighted by Crippen LogP contribution is -2.43. The van der Waals surface area contributed by atoms with E-state index >= 15 is 0 Å². The van der Waals surface area contributed by atoms with Gasteiger partial charge >= 0.3 is 0 Å². The minimum Gasteiger partial charge on any atom is -0.335 e. The van der Waals surface area contributed by atoms with Crippen LogP contribution in [0.3, 0.4) is 0 Å². The van der Waals surface area contributed by atoms with Crippen LogP contribution in [-0.2, 0) is 21.2 Å². The van der Waals surface area contributed by atoms with Crippen molar-refractivity contribution in [2.45, 2.75) is 43.0 Å². The fourth-order valence-corrected chi connectivity index (χ4v) is 6.41. The summed E-state index contributed by atoms with van der Waals surface area (Å²) in [4.78, 5) is 14.8. The van der Waals surface area contributed by atoms with Crippen LogP contribution in [0.15, 0.2) is 42.1 Å². The second-order valence-corrected chi connectivity index (χ2v) is 11.2. The highest BCUT2D eigenvalue weighted by Gasteiger charge is 2.42. The van der Waals surface area contributed by atoms with Crippen LogP contribution in [-0.4, -0.2) is 63.3 Å². The summed E-state index contributed by atoms with van der Waals surface area (Å²) in [5.41, 5.74) is 0.877. The van der Waals surface area contributed by atoms with Gasteiger partial charge in [0.25, 0.3) is 0 Å². The number of sulfone groups is 1. The highest BCUT2D eigenvalue weighted by molar-refractivity contribution is 7.99. The number of carbonyl (C=O) groups is 1. The Hall–Kier alpha value is -1.84. The molecule has 0 radical (unpaired) electrons. The molecule has 30 heavy (non-hydrogen) atoms. The average Bonchev–Trinajstić information content (AvgIpc) is 3.36. The molecule has 2 aliphatic rings. The quantitative estimate of drug-likeness (QED) is 0.439. The Morgan fingerprint density at radius 1 is 1.23 bits per heavy atom. The maximum atomic E-state index is 13.0. The standard InChI is InChI=1S/C20H23ClN4O3S2/c1-2-10-24-19(14-3-5-15(21)6-4-14)22-23-20(24)29-12-18(26)25(16-7-8-16)17-9-11-30(27,28)13-17/h2-6,16-17H,1,7-13H2/t17-/m1/s1. The van der Waals surface area contributed by atoms with Crippen molar-refractivity contribution in [3.8, 4) is 11.4 Å². The third-order valence-corrected chi connectivity index (χ3v) is 8.24. The molecule has 1 aromatic heterocycles. The molecular weight excluding hydrogens is 444 g/mol. The Labute approximate surface area is 185 Å². The van der Waals surface area contributed by atoms with Crippen LogP contribution >= 0.6 is 23.4 Å². The predicted molar refractivity (Wildman–Crippen MR) is 118 cm³/mol. The molecular formula is C20H23ClN4O3S2. The summed E-state index contributed by atoms with van der Waals surface area (Å²) in [5, 5.41) is 9.84. The van der Waals surface area contributed by atoms with Crippen LogP contribution < -0.4 is 0 Å². The van der Waals surface area contributed by atoms with Gasteiger partial charge in [0.05, 0.1) is 17.3 Å². The highest BCUT2D eigenvalue weighted by Crippen LogP contribution is 2.33. The number of thioether (sulfide) groups is 1. The normalized spacial score (nSPS) is 20.2. The number of hydrogen-bond donors (Lipinski definition) is 0. The third-order valence-electron chi connectivity index (χ3n) is 5.29. The van der Waals surface area contributed by atoms with Crippen LogP contribution in [0.2, 0.25) is 5.02 Å². The van der Waals surface area contributed by atoms with E-state index in [-0.39, 0.29) is 35.2 Å². The fraction of sp³-hybridized carbons (Fsp3) is 0.450. The van der Waals surface area contributed by atoms with Gasteiger partial charge in [0, 0.05) is 29.2 Å². The van der Waals surface area contributed by atoms with E-state index in [1.165, 1.54) is 11.8 Å². The molecule has 1 amide bonds. The van der Waals surface area contributed by atoms with Crippen molar-refractivity contribution < 1.29 is 13.2 Å². The summed E-state index contributed by atoms with van der Waals surface area (Å²) >= 11 is 7.30. The van der Waals surface area contributed by atoms with Gasteiger partial charge in [-0.3, -0.25) is 9.36 Å². The van der Waals surface area contributed by atoms with Crippen molar-refractivity contribution in [1.82, 2.24) is 19.7 Å². The topological polar surface area (TPSA) is 85.2 Å². The van der Waals surface area contributed by atoms with Crippen LogP contribution in [0.25, 0.3) is 11.4 Å². The largest absolute Gasteiger partial charge is 0.335 e. The molecule has 10 heteroatoms. The first-order chi connectivity index (χ1) is 14.4. The summed E-state index contributed by atoms with van der Waals surface area (Å²) in [6.07, 6.45) is 4.18. The molecule has 2 heterocycles. The van der Waals surface area contributed by atoms with Gasteiger partial charge in [-0.1, -0.05) is 29.4 Å². The second-order valence-electron chi connectivity index (χ2n) is 7.59. The Morgan fingerprint density at radius 3 is 2.57 bits per heavy atom. The SMILES string of the molecule is C=CCn1c(SCC(=O)N(C2CC2)[C@@H]2CCS(=O)(=O)C2)nnc1-c1ccc(Cl)cc1. The summed E-state index contributed by atoms with van der Waals surface area (Å²) in [7, 11) is -3.04. The molecule has 0 unspecified atom stereocenters. The van der Waals surface area contributed by atoms with E-state index in [0.29, 0.717) is 29.0 Å². The molecule has 0 N–H and O–H groups in total. The molecule has 1 aliphatic carbocycles. The van der Waals surface area contributed by atoms with Gasteiger partial charge in [0.15, 0.2) is 20.8 Å². The molecule has 0 bridgehead atoms. The first kappa shape index (κ1) is 21.4. The second kappa shape index (κ2) is 8.72. The maximum Gasteiger partial charge on any atom is 0.233 e. The van der Waals surface area contributed by atoms with Crippen molar-refractivity contribution in [1.29, 1.82) is 0 Å². The number of amides is 1. The molecule has 0 spiro atoms. The van der Waals surface area contributed by atoms with Crippen LogP contribution in [0.4, 0.5) is 0 Å². The van der Waals surface area contributed by atoms with Gasteiger partial charge in [-0.25, -0.2) is 8.42 Å². The molecule has 1 saturated heterocycles. The van der Waals surface area contributed by atoms with Gasteiger partial charge in [-0.2, -0.15) is 0 Å². The van der Waals surface area contributed by atoms with Crippen molar-refractivity contribution in [3.63, 3.8) is 0 Å². The maximum absolute atomic E-state index is 13.0. The van der Waals surface area contributed by atoms with Gasteiger partial charge in [-0.05, 0) is 43.5 Å². The minimum atomic E-state index is -3.04. The molecule has 160 valence electrons. The number of rotatable bonds is 8. The first-order valence-corrected chi connectivity index (χ1v) is 13.0. The number of allylic oxidation sites excluding steroid dienone is 1. The summed E-state index contributed by atoms with van der Waals surface area (Å²) in [6, 6.07) is 7.31. The zero-order valence-corrected chi connectivity index (χ0v) is 18.8. The predicted octanol–water partition coefficient (Wildman–Crippen LogP) is 3.05.